The van der Waals surface area contributed by atoms with Gasteiger partial charge in [-0.05, 0) is 36.2 Å². The monoisotopic (exact) mass is 300 g/mol. The van der Waals surface area contributed by atoms with Gasteiger partial charge in [0, 0.05) is 11.0 Å². The Morgan fingerprint density at radius 3 is 2.56 bits per heavy atom. The Kier molecular flexibility index (Phi) is 4.01. The Hall–Kier alpha value is -1.79. The van der Waals surface area contributed by atoms with E-state index in [9.17, 15) is 0 Å². The van der Waals surface area contributed by atoms with Crippen LogP contribution in [0.5, 0.6) is 0 Å². The van der Waals surface area contributed by atoms with Crippen molar-refractivity contribution in [3.05, 3.63) is 63.6 Å². The molecule has 2 rings (SSSR count). The fourth-order valence-electron chi connectivity index (χ4n) is 1.76. The number of rotatable bonds is 3. The second-order valence-electron chi connectivity index (χ2n) is 4.09. The molecule has 18 heavy (non-hydrogen) atoms. The lowest BCUT2D eigenvalue weighted by Gasteiger charge is -2.10. The number of hydrogen-bond donors (Lipinski definition) is 1. The molecule has 0 atom stereocenters. The molecule has 0 bridgehead atoms. The molecule has 2 aromatic carbocycles. The number of halogens is 1. The molecule has 0 unspecified atom stereocenters. The zero-order chi connectivity index (χ0) is 13.0. The molecule has 2 nitrogen and oxygen atoms in total. The van der Waals surface area contributed by atoms with Gasteiger partial charge in [0.1, 0.15) is 6.07 Å². The molecular formula is C15H13BrN2. The molecule has 0 aliphatic rings. The fourth-order valence-corrected chi connectivity index (χ4v) is 2.03. The molecule has 0 saturated heterocycles. The van der Waals surface area contributed by atoms with Crippen LogP contribution in [-0.2, 0) is 6.54 Å². The van der Waals surface area contributed by atoms with Gasteiger partial charge >= 0.3 is 0 Å². The van der Waals surface area contributed by atoms with Gasteiger partial charge in [0.15, 0.2) is 0 Å². The van der Waals surface area contributed by atoms with Crippen molar-refractivity contribution in [2.24, 2.45) is 0 Å². The molecule has 90 valence electrons. The van der Waals surface area contributed by atoms with E-state index in [2.05, 4.69) is 39.4 Å². The van der Waals surface area contributed by atoms with E-state index in [1.165, 1.54) is 5.56 Å². The molecule has 2 aromatic rings. The van der Waals surface area contributed by atoms with Gasteiger partial charge in [-0.15, -0.1) is 0 Å². The summed E-state index contributed by atoms with van der Waals surface area (Å²) in [5.41, 5.74) is 3.79. The van der Waals surface area contributed by atoms with Crippen molar-refractivity contribution in [3.63, 3.8) is 0 Å². The molecule has 0 radical (unpaired) electrons. The number of hydrogen-bond acceptors (Lipinski definition) is 2. The van der Waals surface area contributed by atoms with Gasteiger partial charge < -0.3 is 5.32 Å². The average Bonchev–Trinajstić information content (AvgIpc) is 2.38. The van der Waals surface area contributed by atoms with Crippen molar-refractivity contribution in [3.8, 4) is 6.07 Å². The topological polar surface area (TPSA) is 35.8 Å². The first kappa shape index (κ1) is 12.7. The summed E-state index contributed by atoms with van der Waals surface area (Å²) in [6.07, 6.45) is 0. The standard InChI is InChI=1S/C15H13BrN2/c1-11-3-2-4-15(14(11)9-17)18-10-12-5-7-13(16)8-6-12/h2-8,18H,10H2,1H3. The zero-order valence-electron chi connectivity index (χ0n) is 10.1. The largest absolute Gasteiger partial charge is 0.380 e. The second kappa shape index (κ2) is 5.70. The molecule has 0 spiro atoms. The normalized spacial score (nSPS) is 9.83. The van der Waals surface area contributed by atoms with Crippen molar-refractivity contribution in [1.82, 2.24) is 0 Å². The van der Waals surface area contributed by atoms with Crippen LogP contribution >= 0.6 is 15.9 Å². The van der Waals surface area contributed by atoms with Gasteiger partial charge in [-0.25, -0.2) is 0 Å². The van der Waals surface area contributed by atoms with Gasteiger partial charge in [-0.1, -0.05) is 40.2 Å². The minimum atomic E-state index is 0.714. The van der Waals surface area contributed by atoms with Crippen molar-refractivity contribution < 1.29 is 0 Å². The highest BCUT2D eigenvalue weighted by Gasteiger charge is 2.04. The molecular weight excluding hydrogens is 288 g/mol. The minimum Gasteiger partial charge on any atom is -0.380 e. The summed E-state index contributed by atoms with van der Waals surface area (Å²) in [6.45, 7) is 2.66. The maximum absolute atomic E-state index is 9.14. The van der Waals surface area contributed by atoms with E-state index in [1.807, 2.05) is 37.3 Å². The summed E-state index contributed by atoms with van der Waals surface area (Å²) in [5, 5.41) is 12.4. The lowest BCUT2D eigenvalue weighted by molar-refractivity contribution is 1.14. The van der Waals surface area contributed by atoms with Crippen molar-refractivity contribution in [1.29, 1.82) is 5.26 Å². The molecule has 0 heterocycles. The molecule has 0 amide bonds. The fraction of sp³-hybridized carbons (Fsp3) is 0.133. The van der Waals surface area contributed by atoms with Crippen LogP contribution in [0.25, 0.3) is 0 Å². The van der Waals surface area contributed by atoms with Gasteiger partial charge in [0.25, 0.3) is 0 Å². The molecule has 0 aliphatic carbocycles. The molecule has 0 aliphatic heterocycles. The second-order valence-corrected chi connectivity index (χ2v) is 5.00. The van der Waals surface area contributed by atoms with Crippen LogP contribution in [0.15, 0.2) is 46.9 Å². The lowest BCUT2D eigenvalue weighted by Crippen LogP contribution is -2.02. The minimum absolute atomic E-state index is 0.714. The number of nitrogens with zero attached hydrogens (tertiary/aromatic N) is 1. The Bertz CT molecular complexity index is 582. The SMILES string of the molecule is Cc1cccc(NCc2ccc(Br)cc2)c1C#N. The van der Waals surface area contributed by atoms with Crippen LogP contribution in [0, 0.1) is 18.3 Å². The number of nitrogens with one attached hydrogen (secondary N) is 1. The van der Waals surface area contributed by atoms with Gasteiger partial charge in [0.2, 0.25) is 0 Å². The summed E-state index contributed by atoms with van der Waals surface area (Å²) in [7, 11) is 0. The van der Waals surface area contributed by atoms with E-state index >= 15 is 0 Å². The van der Waals surface area contributed by atoms with E-state index < -0.39 is 0 Å². The van der Waals surface area contributed by atoms with Crippen LogP contribution in [0.2, 0.25) is 0 Å². The smallest absolute Gasteiger partial charge is 0.102 e. The number of anilines is 1. The van der Waals surface area contributed by atoms with E-state index in [1.54, 1.807) is 0 Å². The number of aryl methyl sites for hydroxylation is 1. The first-order valence-electron chi connectivity index (χ1n) is 5.69. The third-order valence-corrected chi connectivity index (χ3v) is 3.31. The third-order valence-electron chi connectivity index (χ3n) is 2.78. The molecule has 1 N–H and O–H groups in total. The highest BCUT2D eigenvalue weighted by Crippen LogP contribution is 2.19. The molecule has 0 aromatic heterocycles. The summed E-state index contributed by atoms with van der Waals surface area (Å²) >= 11 is 3.41. The third kappa shape index (κ3) is 2.91. The van der Waals surface area contributed by atoms with E-state index in [4.69, 9.17) is 5.26 Å². The summed E-state index contributed by atoms with van der Waals surface area (Å²) in [6, 6.07) is 16.2. The summed E-state index contributed by atoms with van der Waals surface area (Å²) in [5.74, 6) is 0. The van der Waals surface area contributed by atoms with Crippen molar-refractivity contribution in [2.45, 2.75) is 13.5 Å². The van der Waals surface area contributed by atoms with Gasteiger partial charge in [-0.2, -0.15) is 5.26 Å². The Balaban J connectivity index is 2.14. The molecule has 0 saturated carbocycles. The predicted octanol–water partition coefficient (Wildman–Crippen LogP) is 4.24. The van der Waals surface area contributed by atoms with Crippen LogP contribution in [-0.4, -0.2) is 0 Å². The summed E-state index contributed by atoms with van der Waals surface area (Å²) in [4.78, 5) is 0. The average molecular weight is 301 g/mol. The van der Waals surface area contributed by atoms with Gasteiger partial charge in [0.05, 0.1) is 11.3 Å². The summed E-state index contributed by atoms with van der Waals surface area (Å²) < 4.78 is 1.07. The van der Waals surface area contributed by atoms with Crippen molar-refractivity contribution >= 4 is 21.6 Å². The van der Waals surface area contributed by atoms with Crippen LogP contribution in [0.1, 0.15) is 16.7 Å². The lowest BCUT2D eigenvalue weighted by atomic mass is 10.1. The number of nitriles is 1. The molecule has 3 heteroatoms. The highest BCUT2D eigenvalue weighted by atomic mass is 79.9. The first-order valence-corrected chi connectivity index (χ1v) is 6.48. The van der Waals surface area contributed by atoms with E-state index in [-0.39, 0.29) is 0 Å². The quantitative estimate of drug-likeness (QED) is 0.920. The van der Waals surface area contributed by atoms with E-state index in [0.29, 0.717) is 6.54 Å². The highest BCUT2D eigenvalue weighted by molar-refractivity contribution is 9.10. The Morgan fingerprint density at radius 1 is 1.17 bits per heavy atom. The van der Waals surface area contributed by atoms with Gasteiger partial charge in [-0.3, -0.25) is 0 Å². The number of benzene rings is 2. The van der Waals surface area contributed by atoms with Crippen molar-refractivity contribution in [2.75, 3.05) is 5.32 Å². The maximum atomic E-state index is 9.14. The maximum Gasteiger partial charge on any atom is 0.102 e. The first-order chi connectivity index (χ1) is 8.70. The van der Waals surface area contributed by atoms with Crippen LogP contribution in [0.3, 0.4) is 0 Å². The molecule has 0 fully saturated rings. The van der Waals surface area contributed by atoms with Crippen LogP contribution < -0.4 is 5.32 Å². The van der Waals surface area contributed by atoms with E-state index in [0.717, 1.165) is 21.3 Å². The Labute approximate surface area is 115 Å². The predicted molar refractivity (Wildman–Crippen MR) is 77.4 cm³/mol. The van der Waals surface area contributed by atoms with Crippen LogP contribution in [0.4, 0.5) is 5.69 Å². The Morgan fingerprint density at radius 2 is 1.89 bits per heavy atom. The zero-order valence-corrected chi connectivity index (χ0v) is 11.7.